The Morgan fingerprint density at radius 2 is 1.81 bits per heavy atom. The highest BCUT2D eigenvalue weighted by Gasteiger charge is 2.12. The van der Waals surface area contributed by atoms with Crippen LogP contribution in [0.3, 0.4) is 0 Å². The number of rotatable bonds is 5. The van der Waals surface area contributed by atoms with Gasteiger partial charge in [-0.25, -0.2) is 4.39 Å². The lowest BCUT2D eigenvalue weighted by atomic mass is 10.1. The maximum absolute atomic E-state index is 13.8. The minimum atomic E-state index is -0.465. The molecule has 4 heteroatoms. The number of nitrogens with two attached hydrogens (primary N) is 1. The van der Waals surface area contributed by atoms with Gasteiger partial charge in [-0.05, 0) is 42.6 Å². The van der Waals surface area contributed by atoms with E-state index < -0.39 is 11.7 Å². The van der Waals surface area contributed by atoms with Crippen LogP contribution in [0.15, 0.2) is 42.5 Å². The summed E-state index contributed by atoms with van der Waals surface area (Å²) in [4.78, 5) is 12.0. The average molecular weight is 286 g/mol. The van der Waals surface area contributed by atoms with Crippen molar-refractivity contribution in [1.29, 1.82) is 0 Å². The number of hydrogen-bond acceptors (Lipinski definition) is 2. The van der Waals surface area contributed by atoms with E-state index in [0.29, 0.717) is 18.7 Å². The molecule has 0 aliphatic carbocycles. The van der Waals surface area contributed by atoms with Crippen molar-refractivity contribution in [2.24, 2.45) is 5.73 Å². The average Bonchev–Trinajstić information content (AvgIpc) is 2.49. The van der Waals surface area contributed by atoms with Crippen LogP contribution in [0, 0.1) is 12.7 Å². The maximum Gasteiger partial charge on any atom is 0.254 e. The standard InChI is InChI=1S/C17H19FN2O/c1-12-3-2-4-15(16(12)18)17(21)20-11-14-7-5-13(6-8-14)9-10-19/h2-8H,9-11,19H2,1H3,(H,20,21). The lowest BCUT2D eigenvalue weighted by Crippen LogP contribution is -2.24. The van der Waals surface area contributed by atoms with Gasteiger partial charge < -0.3 is 11.1 Å². The molecule has 0 aliphatic heterocycles. The molecule has 0 spiro atoms. The van der Waals surface area contributed by atoms with Gasteiger partial charge in [0.2, 0.25) is 0 Å². The van der Waals surface area contributed by atoms with Crippen LogP contribution in [0.1, 0.15) is 27.0 Å². The fourth-order valence-corrected chi connectivity index (χ4v) is 2.09. The van der Waals surface area contributed by atoms with Crippen molar-refractivity contribution in [3.8, 4) is 0 Å². The molecule has 1 amide bonds. The Kier molecular flexibility index (Phi) is 5.06. The van der Waals surface area contributed by atoms with Crippen molar-refractivity contribution in [3.05, 3.63) is 70.5 Å². The largest absolute Gasteiger partial charge is 0.348 e. The summed E-state index contributed by atoms with van der Waals surface area (Å²) in [6.07, 6.45) is 0.834. The Bertz CT molecular complexity index is 623. The Balaban J connectivity index is 1.99. The van der Waals surface area contributed by atoms with Crippen LogP contribution in [0.5, 0.6) is 0 Å². The number of amides is 1. The van der Waals surface area contributed by atoms with Gasteiger partial charge in [-0.1, -0.05) is 36.4 Å². The lowest BCUT2D eigenvalue weighted by Gasteiger charge is -2.08. The molecule has 0 unspecified atom stereocenters. The molecule has 0 aromatic heterocycles. The summed E-state index contributed by atoms with van der Waals surface area (Å²) in [5, 5.41) is 2.73. The van der Waals surface area contributed by atoms with E-state index >= 15 is 0 Å². The van der Waals surface area contributed by atoms with Crippen LogP contribution in [0.2, 0.25) is 0 Å². The Morgan fingerprint density at radius 1 is 1.14 bits per heavy atom. The fraction of sp³-hybridized carbons (Fsp3) is 0.235. The second kappa shape index (κ2) is 6.99. The number of hydrogen-bond donors (Lipinski definition) is 2. The molecule has 3 nitrogen and oxygen atoms in total. The van der Waals surface area contributed by atoms with E-state index in [-0.39, 0.29) is 5.56 Å². The van der Waals surface area contributed by atoms with E-state index in [1.54, 1.807) is 19.1 Å². The summed E-state index contributed by atoms with van der Waals surface area (Å²) in [7, 11) is 0. The molecule has 0 saturated heterocycles. The van der Waals surface area contributed by atoms with Gasteiger partial charge in [0, 0.05) is 6.54 Å². The van der Waals surface area contributed by atoms with Crippen molar-refractivity contribution in [1.82, 2.24) is 5.32 Å². The van der Waals surface area contributed by atoms with Gasteiger partial charge in [-0.15, -0.1) is 0 Å². The maximum atomic E-state index is 13.8. The van der Waals surface area contributed by atoms with E-state index in [4.69, 9.17) is 5.73 Å². The van der Waals surface area contributed by atoms with Crippen molar-refractivity contribution in [2.45, 2.75) is 19.9 Å². The molecule has 110 valence electrons. The molecule has 3 N–H and O–H groups in total. The van der Waals surface area contributed by atoms with E-state index in [2.05, 4.69) is 5.32 Å². The molecule has 0 saturated carbocycles. The highest BCUT2D eigenvalue weighted by molar-refractivity contribution is 5.94. The van der Waals surface area contributed by atoms with Gasteiger partial charge in [0.15, 0.2) is 0 Å². The zero-order valence-corrected chi connectivity index (χ0v) is 12.0. The number of carbonyl (C=O) groups is 1. The monoisotopic (exact) mass is 286 g/mol. The van der Waals surface area contributed by atoms with E-state index in [9.17, 15) is 9.18 Å². The molecule has 21 heavy (non-hydrogen) atoms. The first-order valence-corrected chi connectivity index (χ1v) is 6.93. The summed E-state index contributed by atoms with van der Waals surface area (Å²) in [6.45, 7) is 2.63. The van der Waals surface area contributed by atoms with Crippen LogP contribution in [0.4, 0.5) is 4.39 Å². The summed E-state index contributed by atoms with van der Waals surface area (Å²) in [6, 6.07) is 12.7. The third-order valence-electron chi connectivity index (χ3n) is 3.35. The molecule has 0 fully saturated rings. The van der Waals surface area contributed by atoms with Gasteiger partial charge in [0.05, 0.1) is 5.56 Å². The number of aryl methyl sites for hydroxylation is 1. The predicted octanol–water partition coefficient (Wildman–Crippen LogP) is 2.57. The van der Waals surface area contributed by atoms with Gasteiger partial charge in [0.1, 0.15) is 5.82 Å². The minimum Gasteiger partial charge on any atom is -0.348 e. The van der Waals surface area contributed by atoms with E-state index in [1.807, 2.05) is 24.3 Å². The first-order valence-electron chi connectivity index (χ1n) is 6.93. The Hall–Kier alpha value is -2.20. The highest BCUT2D eigenvalue weighted by Crippen LogP contribution is 2.12. The number of benzene rings is 2. The number of carbonyl (C=O) groups excluding carboxylic acids is 1. The first kappa shape index (κ1) is 15.2. The van der Waals surface area contributed by atoms with E-state index in [1.165, 1.54) is 6.07 Å². The van der Waals surface area contributed by atoms with Crippen molar-refractivity contribution >= 4 is 5.91 Å². The summed E-state index contributed by atoms with van der Waals surface area (Å²) < 4.78 is 13.8. The molecular weight excluding hydrogens is 267 g/mol. The fourth-order valence-electron chi connectivity index (χ4n) is 2.09. The minimum absolute atomic E-state index is 0.0785. The zero-order chi connectivity index (χ0) is 15.2. The van der Waals surface area contributed by atoms with Gasteiger partial charge in [-0.2, -0.15) is 0 Å². The molecule has 0 radical (unpaired) electrons. The van der Waals surface area contributed by atoms with E-state index in [0.717, 1.165) is 17.5 Å². The van der Waals surface area contributed by atoms with Crippen molar-refractivity contribution in [3.63, 3.8) is 0 Å². The second-order valence-electron chi connectivity index (χ2n) is 4.97. The summed E-state index contributed by atoms with van der Waals surface area (Å²) in [5.41, 5.74) is 8.17. The van der Waals surface area contributed by atoms with Crippen LogP contribution in [0.25, 0.3) is 0 Å². The third kappa shape index (κ3) is 3.89. The molecular formula is C17H19FN2O. The van der Waals surface area contributed by atoms with Crippen LogP contribution >= 0.6 is 0 Å². The quantitative estimate of drug-likeness (QED) is 0.887. The Labute approximate surface area is 124 Å². The highest BCUT2D eigenvalue weighted by atomic mass is 19.1. The molecule has 0 aliphatic rings. The molecule has 2 rings (SSSR count). The predicted molar refractivity (Wildman–Crippen MR) is 81.5 cm³/mol. The molecule has 0 heterocycles. The topological polar surface area (TPSA) is 55.1 Å². The zero-order valence-electron chi connectivity index (χ0n) is 12.0. The van der Waals surface area contributed by atoms with Crippen molar-refractivity contribution < 1.29 is 9.18 Å². The summed E-state index contributed by atoms with van der Waals surface area (Å²) in [5.74, 6) is -0.865. The normalized spacial score (nSPS) is 10.4. The second-order valence-corrected chi connectivity index (χ2v) is 4.97. The van der Waals surface area contributed by atoms with Gasteiger partial charge in [-0.3, -0.25) is 4.79 Å². The van der Waals surface area contributed by atoms with Gasteiger partial charge >= 0.3 is 0 Å². The van der Waals surface area contributed by atoms with Gasteiger partial charge in [0.25, 0.3) is 5.91 Å². The smallest absolute Gasteiger partial charge is 0.254 e. The lowest BCUT2D eigenvalue weighted by molar-refractivity contribution is 0.0946. The van der Waals surface area contributed by atoms with Crippen LogP contribution in [-0.2, 0) is 13.0 Å². The SMILES string of the molecule is Cc1cccc(C(=O)NCc2ccc(CCN)cc2)c1F. The number of nitrogens with one attached hydrogen (secondary N) is 1. The van der Waals surface area contributed by atoms with Crippen LogP contribution in [-0.4, -0.2) is 12.5 Å². The van der Waals surface area contributed by atoms with Crippen molar-refractivity contribution in [2.75, 3.05) is 6.54 Å². The number of halogens is 1. The molecule has 2 aromatic carbocycles. The summed E-state index contributed by atoms with van der Waals surface area (Å²) >= 11 is 0. The Morgan fingerprint density at radius 3 is 2.48 bits per heavy atom. The molecule has 2 aromatic rings. The molecule has 0 bridgehead atoms. The third-order valence-corrected chi connectivity index (χ3v) is 3.35. The first-order chi connectivity index (χ1) is 10.1. The van der Waals surface area contributed by atoms with Crippen LogP contribution < -0.4 is 11.1 Å². The molecule has 0 atom stereocenters.